The second-order valence-corrected chi connectivity index (χ2v) is 6.18. The minimum Gasteiger partial charge on any atom is -0.376 e. The number of benzene rings is 1. The van der Waals surface area contributed by atoms with E-state index in [1.54, 1.807) is 0 Å². The van der Waals surface area contributed by atoms with E-state index in [4.69, 9.17) is 4.74 Å². The fraction of sp³-hybridized carbons (Fsp3) is 0.600. The molecule has 0 saturated carbocycles. The molecule has 1 aliphatic rings. The molecular weight excluding hydrogens is 290 g/mol. The zero-order valence-corrected chi connectivity index (χ0v) is 13.2. The molecule has 1 aliphatic heterocycles. The van der Waals surface area contributed by atoms with Gasteiger partial charge in [0.2, 0.25) is 0 Å². The van der Waals surface area contributed by atoms with Gasteiger partial charge >= 0.3 is 0 Å². The molecule has 1 N–H and O–H groups in total. The predicted molar refractivity (Wildman–Crippen MR) is 78.9 cm³/mol. The number of halogens is 1. The summed E-state index contributed by atoms with van der Waals surface area (Å²) in [6.45, 7) is 7.48. The van der Waals surface area contributed by atoms with Crippen LogP contribution < -0.4 is 5.32 Å². The Bertz CT molecular complexity index is 433. The molecule has 0 amide bonds. The highest BCUT2D eigenvalue weighted by Gasteiger charge is 2.32. The van der Waals surface area contributed by atoms with Crippen molar-refractivity contribution in [1.29, 1.82) is 0 Å². The van der Waals surface area contributed by atoms with Crippen molar-refractivity contribution in [2.75, 3.05) is 13.7 Å². The minimum absolute atomic E-state index is 0.286. The Morgan fingerprint density at radius 3 is 2.61 bits per heavy atom. The zero-order valence-electron chi connectivity index (χ0n) is 11.6. The van der Waals surface area contributed by atoms with Crippen molar-refractivity contribution in [2.45, 2.75) is 39.3 Å². The lowest BCUT2D eigenvalue weighted by Gasteiger charge is -2.28. The molecule has 3 unspecified atom stereocenters. The van der Waals surface area contributed by atoms with Crippen LogP contribution in [0, 0.1) is 19.8 Å². The van der Waals surface area contributed by atoms with Crippen LogP contribution in [-0.2, 0) is 4.74 Å². The predicted octanol–water partition coefficient (Wildman–Crippen LogP) is 3.75. The van der Waals surface area contributed by atoms with Crippen LogP contribution in [0.3, 0.4) is 0 Å². The Labute approximate surface area is 118 Å². The first-order chi connectivity index (χ1) is 8.54. The summed E-state index contributed by atoms with van der Waals surface area (Å²) in [6, 6.07) is 4.76. The summed E-state index contributed by atoms with van der Waals surface area (Å²) in [5, 5.41) is 3.44. The summed E-state index contributed by atoms with van der Waals surface area (Å²) in [5.74, 6) is 0.616. The maximum Gasteiger partial charge on any atom is 0.0795 e. The monoisotopic (exact) mass is 311 g/mol. The van der Waals surface area contributed by atoms with Gasteiger partial charge < -0.3 is 10.1 Å². The summed E-state index contributed by atoms with van der Waals surface area (Å²) >= 11 is 3.59. The Balaban J connectivity index is 2.35. The first kappa shape index (κ1) is 14.0. The van der Waals surface area contributed by atoms with E-state index >= 15 is 0 Å². The van der Waals surface area contributed by atoms with Gasteiger partial charge in [0.1, 0.15) is 0 Å². The highest BCUT2D eigenvalue weighted by Crippen LogP contribution is 2.34. The molecule has 1 saturated heterocycles. The number of rotatable bonds is 3. The molecule has 2 rings (SSSR count). The van der Waals surface area contributed by atoms with E-state index in [0.29, 0.717) is 5.92 Å². The summed E-state index contributed by atoms with van der Waals surface area (Å²) in [6.07, 6.45) is 1.45. The lowest BCUT2D eigenvalue weighted by atomic mass is 9.89. The Morgan fingerprint density at radius 1 is 1.33 bits per heavy atom. The van der Waals surface area contributed by atoms with Gasteiger partial charge in [-0.15, -0.1) is 0 Å². The molecule has 0 spiro atoms. The van der Waals surface area contributed by atoms with Gasteiger partial charge in [0.25, 0.3) is 0 Å². The van der Waals surface area contributed by atoms with Crippen molar-refractivity contribution in [1.82, 2.24) is 5.32 Å². The smallest absolute Gasteiger partial charge is 0.0795 e. The van der Waals surface area contributed by atoms with E-state index in [9.17, 15) is 0 Å². The van der Waals surface area contributed by atoms with Crippen LogP contribution in [0.25, 0.3) is 0 Å². The largest absolute Gasteiger partial charge is 0.376 e. The van der Waals surface area contributed by atoms with Crippen LogP contribution in [0.1, 0.15) is 36.1 Å². The summed E-state index contributed by atoms with van der Waals surface area (Å²) < 4.78 is 7.10. The Hall–Kier alpha value is -0.380. The van der Waals surface area contributed by atoms with Crippen LogP contribution in [0.4, 0.5) is 0 Å². The molecule has 0 bridgehead atoms. The van der Waals surface area contributed by atoms with Gasteiger partial charge in [-0.1, -0.05) is 28.9 Å². The summed E-state index contributed by atoms with van der Waals surface area (Å²) in [7, 11) is 2.02. The molecule has 1 aromatic rings. The summed E-state index contributed by atoms with van der Waals surface area (Å²) in [5.41, 5.74) is 3.95. The SMILES string of the molecule is CNC(c1cc(C)c(Br)cc1C)C1OCCC1C. The topological polar surface area (TPSA) is 21.3 Å². The molecule has 0 aromatic heterocycles. The molecule has 2 nitrogen and oxygen atoms in total. The zero-order chi connectivity index (χ0) is 13.3. The third kappa shape index (κ3) is 2.63. The minimum atomic E-state index is 0.286. The Kier molecular flexibility index (Phi) is 4.46. The standard InChI is InChI=1S/C15H22BrNO/c1-9-5-6-18-15(9)14(17-4)12-7-11(3)13(16)8-10(12)2/h7-9,14-15,17H,5-6H2,1-4H3. The normalized spacial score (nSPS) is 25.4. The fourth-order valence-electron chi connectivity index (χ4n) is 2.78. The van der Waals surface area contributed by atoms with Gasteiger partial charge in [-0.05, 0) is 56.0 Å². The first-order valence-corrected chi connectivity index (χ1v) is 7.39. The molecule has 3 atom stereocenters. The van der Waals surface area contributed by atoms with E-state index < -0.39 is 0 Å². The summed E-state index contributed by atoms with van der Waals surface area (Å²) in [4.78, 5) is 0. The van der Waals surface area contributed by atoms with Crippen molar-refractivity contribution in [2.24, 2.45) is 5.92 Å². The second-order valence-electron chi connectivity index (χ2n) is 5.33. The molecule has 1 fully saturated rings. The van der Waals surface area contributed by atoms with Crippen LogP contribution in [0.5, 0.6) is 0 Å². The molecular formula is C15H22BrNO. The second kappa shape index (κ2) is 5.72. The average molecular weight is 312 g/mol. The maximum atomic E-state index is 5.92. The lowest BCUT2D eigenvalue weighted by molar-refractivity contribution is 0.0629. The quantitative estimate of drug-likeness (QED) is 0.918. The van der Waals surface area contributed by atoms with E-state index in [0.717, 1.165) is 13.0 Å². The number of ether oxygens (including phenoxy) is 1. The molecule has 100 valence electrons. The van der Waals surface area contributed by atoms with Crippen molar-refractivity contribution >= 4 is 15.9 Å². The average Bonchev–Trinajstić information content (AvgIpc) is 2.73. The highest BCUT2D eigenvalue weighted by atomic mass is 79.9. The van der Waals surface area contributed by atoms with E-state index in [1.165, 1.54) is 21.2 Å². The maximum absolute atomic E-state index is 5.92. The first-order valence-electron chi connectivity index (χ1n) is 6.60. The van der Waals surface area contributed by atoms with Crippen molar-refractivity contribution in [3.8, 4) is 0 Å². The van der Waals surface area contributed by atoms with Gasteiger partial charge in [-0.2, -0.15) is 0 Å². The molecule has 3 heteroatoms. The molecule has 1 aromatic carbocycles. The molecule has 0 radical (unpaired) electrons. The van der Waals surface area contributed by atoms with E-state index in [1.807, 2.05) is 7.05 Å². The third-order valence-electron chi connectivity index (χ3n) is 3.97. The molecule has 1 heterocycles. The van der Waals surface area contributed by atoms with Gasteiger partial charge in [0.05, 0.1) is 12.1 Å². The Morgan fingerprint density at radius 2 is 2.06 bits per heavy atom. The highest BCUT2D eigenvalue weighted by molar-refractivity contribution is 9.10. The van der Waals surface area contributed by atoms with Crippen LogP contribution in [0.2, 0.25) is 0 Å². The van der Waals surface area contributed by atoms with Gasteiger partial charge in [-0.25, -0.2) is 0 Å². The fourth-order valence-corrected chi connectivity index (χ4v) is 3.24. The van der Waals surface area contributed by atoms with Crippen LogP contribution >= 0.6 is 15.9 Å². The number of nitrogens with one attached hydrogen (secondary N) is 1. The van der Waals surface area contributed by atoms with Crippen molar-refractivity contribution in [3.63, 3.8) is 0 Å². The van der Waals surface area contributed by atoms with Crippen molar-refractivity contribution < 1.29 is 4.74 Å². The molecule has 0 aliphatic carbocycles. The number of hydrogen-bond donors (Lipinski definition) is 1. The number of hydrogen-bond acceptors (Lipinski definition) is 2. The van der Waals surface area contributed by atoms with E-state index in [2.05, 4.69) is 54.2 Å². The van der Waals surface area contributed by atoms with Gasteiger partial charge in [-0.3, -0.25) is 0 Å². The lowest BCUT2D eigenvalue weighted by Crippen LogP contribution is -2.33. The van der Waals surface area contributed by atoms with E-state index in [-0.39, 0.29) is 12.1 Å². The number of aryl methyl sites for hydroxylation is 2. The third-order valence-corrected chi connectivity index (χ3v) is 4.82. The molecule has 18 heavy (non-hydrogen) atoms. The van der Waals surface area contributed by atoms with Crippen LogP contribution in [0.15, 0.2) is 16.6 Å². The van der Waals surface area contributed by atoms with Crippen molar-refractivity contribution in [3.05, 3.63) is 33.3 Å². The van der Waals surface area contributed by atoms with Gasteiger partial charge in [0.15, 0.2) is 0 Å². The van der Waals surface area contributed by atoms with Crippen LogP contribution in [-0.4, -0.2) is 19.8 Å². The van der Waals surface area contributed by atoms with Gasteiger partial charge in [0, 0.05) is 11.1 Å². The number of likely N-dealkylation sites (N-methyl/N-ethyl adjacent to an activating group) is 1.